The van der Waals surface area contributed by atoms with E-state index in [4.69, 9.17) is 5.73 Å². The lowest BCUT2D eigenvalue weighted by Gasteiger charge is -2.13. The second-order valence-electron chi connectivity index (χ2n) is 3.85. The largest absolute Gasteiger partial charge is 0.374 e. The van der Waals surface area contributed by atoms with Crippen LogP contribution in [0.3, 0.4) is 0 Å². The number of nitrogens with two attached hydrogens (primary N) is 1. The average molecular weight is 277 g/mol. The van der Waals surface area contributed by atoms with Crippen molar-refractivity contribution in [3.8, 4) is 0 Å². The molecule has 0 atom stereocenters. The summed E-state index contributed by atoms with van der Waals surface area (Å²) in [7, 11) is -3.54. The van der Waals surface area contributed by atoms with Gasteiger partial charge in [-0.3, -0.25) is 0 Å². The molecular weight excluding hydrogens is 262 g/mol. The van der Waals surface area contributed by atoms with Crippen molar-refractivity contribution in [1.82, 2.24) is 19.8 Å². The summed E-state index contributed by atoms with van der Waals surface area (Å²) in [6, 6.07) is 0. The molecule has 96 valence electrons. The zero-order valence-corrected chi connectivity index (χ0v) is 10.9. The molecule has 1 aromatic heterocycles. The maximum Gasteiger partial charge on any atom is 0.269 e. The predicted octanol–water partition coefficient (Wildman–Crippen LogP) is -0.506. The SMILES string of the molecule is Nc1nnc(S(=O)(=O)NCCN2CCCC2)s1. The monoisotopic (exact) mass is 277 g/mol. The summed E-state index contributed by atoms with van der Waals surface area (Å²) in [6.45, 7) is 3.22. The molecule has 1 aliphatic heterocycles. The van der Waals surface area contributed by atoms with Gasteiger partial charge in [0.05, 0.1) is 0 Å². The van der Waals surface area contributed by atoms with E-state index in [-0.39, 0.29) is 9.47 Å². The Morgan fingerprint density at radius 3 is 2.65 bits per heavy atom. The van der Waals surface area contributed by atoms with Crippen molar-refractivity contribution in [3.63, 3.8) is 0 Å². The molecule has 0 amide bonds. The summed E-state index contributed by atoms with van der Waals surface area (Å²) >= 11 is 0.869. The Morgan fingerprint density at radius 1 is 1.35 bits per heavy atom. The summed E-state index contributed by atoms with van der Waals surface area (Å²) in [5.74, 6) is 0. The molecule has 0 aliphatic carbocycles. The highest BCUT2D eigenvalue weighted by Crippen LogP contribution is 2.16. The van der Waals surface area contributed by atoms with E-state index in [1.807, 2.05) is 0 Å². The third-order valence-corrected chi connectivity index (χ3v) is 5.15. The summed E-state index contributed by atoms with van der Waals surface area (Å²) in [5.41, 5.74) is 5.35. The lowest BCUT2D eigenvalue weighted by molar-refractivity contribution is 0.344. The molecule has 1 fully saturated rings. The molecule has 0 bridgehead atoms. The van der Waals surface area contributed by atoms with E-state index in [1.54, 1.807) is 0 Å². The third-order valence-electron chi connectivity index (χ3n) is 2.57. The molecule has 17 heavy (non-hydrogen) atoms. The molecule has 1 saturated heterocycles. The van der Waals surface area contributed by atoms with Gasteiger partial charge in [-0.1, -0.05) is 11.3 Å². The predicted molar refractivity (Wildman–Crippen MR) is 65.2 cm³/mol. The Kier molecular flexibility index (Phi) is 3.92. The highest BCUT2D eigenvalue weighted by molar-refractivity contribution is 7.91. The number of hydrogen-bond donors (Lipinski definition) is 2. The first-order chi connectivity index (χ1) is 8.08. The van der Waals surface area contributed by atoms with Gasteiger partial charge in [0, 0.05) is 13.1 Å². The van der Waals surface area contributed by atoms with Crippen LogP contribution in [0.5, 0.6) is 0 Å². The zero-order chi connectivity index (χ0) is 12.3. The van der Waals surface area contributed by atoms with Crippen molar-refractivity contribution in [1.29, 1.82) is 0 Å². The van der Waals surface area contributed by atoms with Gasteiger partial charge in [-0.05, 0) is 25.9 Å². The van der Waals surface area contributed by atoms with Crippen molar-refractivity contribution >= 4 is 26.5 Å². The Hall–Kier alpha value is -0.770. The molecule has 9 heteroatoms. The van der Waals surface area contributed by atoms with E-state index in [0.29, 0.717) is 6.54 Å². The highest BCUT2D eigenvalue weighted by Gasteiger charge is 2.19. The standard InChI is InChI=1S/C8H15N5O2S2/c9-7-11-12-8(16-7)17(14,15)10-3-6-13-4-1-2-5-13/h10H,1-6H2,(H2,9,11). The van der Waals surface area contributed by atoms with E-state index in [1.165, 1.54) is 12.8 Å². The minimum Gasteiger partial charge on any atom is -0.374 e. The number of hydrogen-bond acceptors (Lipinski definition) is 7. The molecule has 2 heterocycles. The smallest absolute Gasteiger partial charge is 0.269 e. The van der Waals surface area contributed by atoms with E-state index in [2.05, 4.69) is 19.8 Å². The first-order valence-electron chi connectivity index (χ1n) is 5.39. The van der Waals surface area contributed by atoms with Gasteiger partial charge in [-0.2, -0.15) is 0 Å². The second kappa shape index (κ2) is 5.25. The van der Waals surface area contributed by atoms with Crippen LogP contribution >= 0.6 is 11.3 Å². The normalized spacial score (nSPS) is 17.6. The van der Waals surface area contributed by atoms with Crippen molar-refractivity contribution in [2.75, 3.05) is 31.9 Å². The zero-order valence-electron chi connectivity index (χ0n) is 9.29. The van der Waals surface area contributed by atoms with E-state index >= 15 is 0 Å². The average Bonchev–Trinajstić information content (AvgIpc) is 2.89. The van der Waals surface area contributed by atoms with Crippen molar-refractivity contribution in [3.05, 3.63) is 0 Å². The molecule has 0 spiro atoms. The molecule has 1 aromatic rings. The molecule has 0 saturated carbocycles. The highest BCUT2D eigenvalue weighted by atomic mass is 32.2. The van der Waals surface area contributed by atoms with Crippen molar-refractivity contribution in [2.24, 2.45) is 0 Å². The lowest BCUT2D eigenvalue weighted by Crippen LogP contribution is -2.33. The molecular formula is C8H15N5O2S2. The second-order valence-corrected chi connectivity index (χ2v) is 6.80. The van der Waals surface area contributed by atoms with E-state index in [9.17, 15) is 8.42 Å². The molecule has 0 aromatic carbocycles. The van der Waals surface area contributed by atoms with Crippen LogP contribution in [0.15, 0.2) is 4.34 Å². The number of likely N-dealkylation sites (tertiary alicyclic amines) is 1. The summed E-state index contributed by atoms with van der Waals surface area (Å²) < 4.78 is 25.9. The fourth-order valence-electron chi connectivity index (χ4n) is 1.74. The van der Waals surface area contributed by atoms with Gasteiger partial charge in [-0.15, -0.1) is 10.2 Å². The van der Waals surface area contributed by atoms with Gasteiger partial charge in [-0.25, -0.2) is 13.1 Å². The van der Waals surface area contributed by atoms with Crippen LogP contribution in [0.2, 0.25) is 0 Å². The fraction of sp³-hybridized carbons (Fsp3) is 0.750. The molecule has 0 radical (unpaired) electrons. The van der Waals surface area contributed by atoms with Crippen LogP contribution < -0.4 is 10.5 Å². The number of nitrogens with zero attached hydrogens (tertiary/aromatic N) is 3. The van der Waals surface area contributed by atoms with E-state index < -0.39 is 10.0 Å². The maximum atomic E-state index is 11.7. The van der Waals surface area contributed by atoms with Crippen molar-refractivity contribution in [2.45, 2.75) is 17.2 Å². The topological polar surface area (TPSA) is 101 Å². The number of nitrogens with one attached hydrogen (secondary N) is 1. The van der Waals surface area contributed by atoms with Gasteiger partial charge in [0.2, 0.25) is 9.47 Å². The minimum absolute atomic E-state index is 0.0728. The number of anilines is 1. The lowest BCUT2D eigenvalue weighted by atomic mass is 10.4. The Labute approximate surface area is 104 Å². The summed E-state index contributed by atoms with van der Waals surface area (Å²) in [6.07, 6.45) is 2.39. The fourth-order valence-corrected chi connectivity index (χ4v) is 3.58. The number of sulfonamides is 1. The van der Waals surface area contributed by atoms with E-state index in [0.717, 1.165) is 31.0 Å². The molecule has 1 aliphatic rings. The van der Waals surface area contributed by atoms with Crippen LogP contribution in [0.25, 0.3) is 0 Å². The minimum atomic E-state index is -3.54. The molecule has 7 nitrogen and oxygen atoms in total. The Balaban J connectivity index is 1.85. The van der Waals surface area contributed by atoms with Crippen LogP contribution in [-0.4, -0.2) is 49.7 Å². The quantitative estimate of drug-likeness (QED) is 0.752. The Bertz CT molecular complexity index is 466. The molecule has 0 unspecified atom stereocenters. The summed E-state index contributed by atoms with van der Waals surface area (Å²) in [4.78, 5) is 2.23. The third kappa shape index (κ3) is 3.35. The van der Waals surface area contributed by atoms with Gasteiger partial charge in [0.15, 0.2) is 0 Å². The summed E-state index contributed by atoms with van der Waals surface area (Å²) in [5, 5.41) is 7.16. The van der Waals surface area contributed by atoms with Crippen LogP contribution in [0, 0.1) is 0 Å². The molecule has 3 N–H and O–H groups in total. The molecule has 2 rings (SSSR count). The first-order valence-corrected chi connectivity index (χ1v) is 7.69. The number of rotatable bonds is 5. The number of nitrogen functional groups attached to an aromatic ring is 1. The number of aromatic nitrogens is 2. The van der Waals surface area contributed by atoms with Crippen LogP contribution in [0.4, 0.5) is 5.13 Å². The first kappa shape index (κ1) is 12.7. The maximum absolute atomic E-state index is 11.7. The van der Waals surface area contributed by atoms with Gasteiger partial charge in [0.25, 0.3) is 10.0 Å². The van der Waals surface area contributed by atoms with Crippen LogP contribution in [0.1, 0.15) is 12.8 Å². The Morgan fingerprint density at radius 2 is 2.06 bits per heavy atom. The van der Waals surface area contributed by atoms with Gasteiger partial charge < -0.3 is 10.6 Å². The van der Waals surface area contributed by atoms with Gasteiger partial charge in [0.1, 0.15) is 0 Å². The van der Waals surface area contributed by atoms with Gasteiger partial charge >= 0.3 is 0 Å². The van der Waals surface area contributed by atoms with Crippen LogP contribution in [-0.2, 0) is 10.0 Å². The van der Waals surface area contributed by atoms with Crippen molar-refractivity contribution < 1.29 is 8.42 Å².